The molecule has 0 bridgehead atoms. The summed E-state index contributed by atoms with van der Waals surface area (Å²) in [7, 11) is 0. The molecule has 0 radical (unpaired) electrons. The molecule has 0 aliphatic carbocycles. The van der Waals surface area contributed by atoms with E-state index in [-0.39, 0.29) is 0 Å². The molecule has 4 N–H and O–H groups in total. The predicted molar refractivity (Wildman–Crippen MR) is 67.9 cm³/mol. The van der Waals surface area contributed by atoms with Crippen LogP contribution >= 0.6 is 0 Å². The minimum absolute atomic E-state index is 0.607. The largest absolute Gasteiger partial charge is 0.492 e. The van der Waals surface area contributed by atoms with Crippen molar-refractivity contribution in [3.05, 3.63) is 36.2 Å². The van der Waals surface area contributed by atoms with E-state index in [2.05, 4.69) is 15.5 Å². The zero-order valence-electron chi connectivity index (χ0n) is 9.73. The Balaban J connectivity index is 2.03. The zero-order chi connectivity index (χ0) is 12.1. The van der Waals surface area contributed by atoms with Gasteiger partial charge in [0.1, 0.15) is 5.75 Å². The van der Waals surface area contributed by atoms with Crippen molar-refractivity contribution in [3.63, 3.8) is 0 Å². The second-order valence-electron chi connectivity index (χ2n) is 3.65. The number of aromatic nitrogens is 2. The Bertz CT molecular complexity index is 467. The minimum Gasteiger partial charge on any atom is -0.492 e. The fraction of sp³-hybridized carbons (Fsp3) is 0.250. The van der Waals surface area contributed by atoms with E-state index in [4.69, 9.17) is 10.5 Å². The molecular weight excluding hydrogens is 216 g/mol. The Kier molecular flexibility index (Phi) is 3.49. The Hall–Kier alpha value is -2.17. The second kappa shape index (κ2) is 5.25. The van der Waals surface area contributed by atoms with Crippen LogP contribution in [0.2, 0.25) is 0 Å². The van der Waals surface area contributed by atoms with Gasteiger partial charge in [0.2, 0.25) is 0 Å². The summed E-state index contributed by atoms with van der Waals surface area (Å²) in [5.74, 6) is 0.713. The molecular formula is C12H16N4O. The van der Waals surface area contributed by atoms with Crippen molar-refractivity contribution < 1.29 is 4.74 Å². The molecule has 0 saturated heterocycles. The van der Waals surface area contributed by atoms with Crippen molar-refractivity contribution in [2.24, 2.45) is 0 Å². The summed E-state index contributed by atoms with van der Waals surface area (Å²) < 4.78 is 5.43. The first-order valence-corrected chi connectivity index (χ1v) is 5.53. The number of nitrogens with zero attached hydrogens (tertiary/aromatic N) is 1. The van der Waals surface area contributed by atoms with Crippen LogP contribution in [-0.2, 0) is 6.54 Å². The molecule has 1 aromatic heterocycles. The maximum Gasteiger partial charge on any atom is 0.144 e. The maximum absolute atomic E-state index is 5.80. The zero-order valence-corrected chi connectivity index (χ0v) is 9.73. The summed E-state index contributed by atoms with van der Waals surface area (Å²) in [4.78, 5) is 0. The molecule has 0 unspecified atom stereocenters. The standard InChI is InChI=1S/C12H16N4O/c1-2-17-12-5-10(3-4-11(12)13)14-6-9-7-15-16-8-9/h3-5,7-8,14H,2,6,13H2,1H3,(H,15,16). The number of H-pyrrole nitrogens is 1. The Morgan fingerprint density at radius 1 is 1.47 bits per heavy atom. The molecule has 90 valence electrons. The number of nitrogens with two attached hydrogens (primary N) is 1. The van der Waals surface area contributed by atoms with Gasteiger partial charge in [-0.15, -0.1) is 0 Å². The van der Waals surface area contributed by atoms with Crippen LogP contribution in [0.4, 0.5) is 11.4 Å². The lowest BCUT2D eigenvalue weighted by atomic mass is 10.2. The van der Waals surface area contributed by atoms with E-state index in [9.17, 15) is 0 Å². The van der Waals surface area contributed by atoms with Crippen molar-refractivity contribution in [1.82, 2.24) is 10.2 Å². The Morgan fingerprint density at radius 3 is 3.06 bits per heavy atom. The summed E-state index contributed by atoms with van der Waals surface area (Å²) in [6, 6.07) is 5.67. The molecule has 2 aromatic rings. The van der Waals surface area contributed by atoms with Gasteiger partial charge in [-0.25, -0.2) is 0 Å². The molecule has 1 aromatic carbocycles. The third kappa shape index (κ3) is 2.90. The van der Waals surface area contributed by atoms with Crippen LogP contribution in [0, 0.1) is 0 Å². The summed E-state index contributed by atoms with van der Waals surface area (Å²) in [6.45, 7) is 3.26. The van der Waals surface area contributed by atoms with Gasteiger partial charge in [-0.1, -0.05) is 0 Å². The number of nitrogen functional groups attached to an aromatic ring is 1. The molecule has 0 aliphatic heterocycles. The van der Waals surface area contributed by atoms with E-state index >= 15 is 0 Å². The number of nitrogens with one attached hydrogen (secondary N) is 2. The highest BCUT2D eigenvalue weighted by atomic mass is 16.5. The van der Waals surface area contributed by atoms with Gasteiger partial charge in [-0.3, -0.25) is 5.10 Å². The molecule has 0 saturated carbocycles. The lowest BCUT2D eigenvalue weighted by Gasteiger charge is -2.10. The number of anilines is 2. The summed E-state index contributed by atoms with van der Waals surface area (Å²) in [6.07, 6.45) is 3.64. The molecule has 5 nitrogen and oxygen atoms in total. The van der Waals surface area contributed by atoms with Crippen LogP contribution in [0.25, 0.3) is 0 Å². The normalized spacial score (nSPS) is 10.2. The van der Waals surface area contributed by atoms with Crippen LogP contribution in [0.3, 0.4) is 0 Å². The molecule has 5 heteroatoms. The number of aromatic amines is 1. The maximum atomic E-state index is 5.80. The number of benzene rings is 1. The molecule has 2 rings (SSSR count). The first-order valence-electron chi connectivity index (χ1n) is 5.53. The van der Waals surface area contributed by atoms with Gasteiger partial charge in [-0.2, -0.15) is 5.10 Å². The van der Waals surface area contributed by atoms with E-state index in [0.29, 0.717) is 24.6 Å². The van der Waals surface area contributed by atoms with Crippen molar-refractivity contribution in [3.8, 4) is 5.75 Å². The molecule has 0 fully saturated rings. The van der Waals surface area contributed by atoms with Crippen LogP contribution in [0.15, 0.2) is 30.6 Å². The van der Waals surface area contributed by atoms with E-state index in [1.807, 2.05) is 31.3 Å². The fourth-order valence-electron chi connectivity index (χ4n) is 1.50. The fourth-order valence-corrected chi connectivity index (χ4v) is 1.50. The lowest BCUT2D eigenvalue weighted by molar-refractivity contribution is 0.342. The highest BCUT2D eigenvalue weighted by Gasteiger charge is 2.02. The Labute approximate surface area is 100.0 Å². The summed E-state index contributed by atoms with van der Waals surface area (Å²) in [5, 5.41) is 9.94. The SMILES string of the molecule is CCOc1cc(NCc2cn[nH]c2)ccc1N. The molecule has 1 heterocycles. The average Bonchev–Trinajstić information content (AvgIpc) is 2.83. The number of hydrogen-bond donors (Lipinski definition) is 3. The van der Waals surface area contributed by atoms with Gasteiger partial charge in [0.15, 0.2) is 0 Å². The van der Waals surface area contributed by atoms with Crippen molar-refractivity contribution in [1.29, 1.82) is 0 Å². The van der Waals surface area contributed by atoms with Crippen LogP contribution < -0.4 is 15.8 Å². The minimum atomic E-state index is 0.607. The van der Waals surface area contributed by atoms with Crippen molar-refractivity contribution >= 4 is 11.4 Å². The third-order valence-corrected chi connectivity index (χ3v) is 2.36. The van der Waals surface area contributed by atoms with E-state index in [0.717, 1.165) is 11.3 Å². The molecule has 17 heavy (non-hydrogen) atoms. The molecule has 0 amide bonds. The van der Waals surface area contributed by atoms with E-state index < -0.39 is 0 Å². The van der Waals surface area contributed by atoms with Gasteiger partial charge in [-0.05, 0) is 19.1 Å². The predicted octanol–water partition coefficient (Wildman–Crippen LogP) is 2.00. The molecule has 0 aliphatic rings. The van der Waals surface area contributed by atoms with Crippen LogP contribution in [-0.4, -0.2) is 16.8 Å². The quantitative estimate of drug-likeness (QED) is 0.689. The summed E-state index contributed by atoms with van der Waals surface area (Å²) in [5.41, 5.74) is 8.52. The van der Waals surface area contributed by atoms with Gasteiger partial charge in [0.25, 0.3) is 0 Å². The van der Waals surface area contributed by atoms with Crippen LogP contribution in [0.5, 0.6) is 5.75 Å². The first-order chi connectivity index (χ1) is 8.29. The highest BCUT2D eigenvalue weighted by molar-refractivity contribution is 5.61. The smallest absolute Gasteiger partial charge is 0.144 e. The topological polar surface area (TPSA) is 76.0 Å². The van der Waals surface area contributed by atoms with Crippen LogP contribution in [0.1, 0.15) is 12.5 Å². The monoisotopic (exact) mass is 232 g/mol. The third-order valence-electron chi connectivity index (χ3n) is 2.36. The number of rotatable bonds is 5. The summed E-state index contributed by atoms with van der Waals surface area (Å²) >= 11 is 0. The van der Waals surface area contributed by atoms with Gasteiger partial charge >= 0.3 is 0 Å². The first kappa shape index (κ1) is 11.3. The van der Waals surface area contributed by atoms with Crippen molar-refractivity contribution in [2.45, 2.75) is 13.5 Å². The van der Waals surface area contributed by atoms with E-state index in [1.54, 1.807) is 6.20 Å². The van der Waals surface area contributed by atoms with Gasteiger partial charge < -0.3 is 15.8 Å². The molecule has 0 spiro atoms. The number of ether oxygens (including phenoxy) is 1. The number of hydrogen-bond acceptors (Lipinski definition) is 4. The van der Waals surface area contributed by atoms with Crippen molar-refractivity contribution in [2.75, 3.05) is 17.7 Å². The van der Waals surface area contributed by atoms with Gasteiger partial charge in [0, 0.05) is 30.1 Å². The Morgan fingerprint density at radius 2 is 2.35 bits per heavy atom. The van der Waals surface area contributed by atoms with Gasteiger partial charge in [0.05, 0.1) is 18.5 Å². The average molecular weight is 232 g/mol. The lowest BCUT2D eigenvalue weighted by Crippen LogP contribution is -2.01. The molecule has 0 atom stereocenters. The second-order valence-corrected chi connectivity index (χ2v) is 3.65. The van der Waals surface area contributed by atoms with E-state index in [1.165, 1.54) is 0 Å². The highest BCUT2D eigenvalue weighted by Crippen LogP contribution is 2.25.